The summed E-state index contributed by atoms with van der Waals surface area (Å²) in [4.78, 5) is 12.6. The van der Waals surface area contributed by atoms with Gasteiger partial charge in [-0.3, -0.25) is 10.1 Å². The summed E-state index contributed by atoms with van der Waals surface area (Å²) in [6.07, 6.45) is 0. The molecule has 3 aromatic carbocycles. The molecule has 1 heterocycles. The van der Waals surface area contributed by atoms with Gasteiger partial charge in [0.05, 0.1) is 6.54 Å². The summed E-state index contributed by atoms with van der Waals surface area (Å²) in [6.45, 7) is 0.785. The van der Waals surface area contributed by atoms with Gasteiger partial charge >= 0.3 is 0 Å². The molecule has 0 aliphatic carbocycles. The highest BCUT2D eigenvalue weighted by molar-refractivity contribution is 9.10. The first-order chi connectivity index (χ1) is 16.1. The van der Waals surface area contributed by atoms with Crippen LogP contribution in [0.2, 0.25) is 0 Å². The van der Waals surface area contributed by atoms with Gasteiger partial charge in [-0.05, 0) is 60.2 Å². The van der Waals surface area contributed by atoms with E-state index < -0.39 is 0 Å². The van der Waals surface area contributed by atoms with Gasteiger partial charge in [0, 0.05) is 15.6 Å². The van der Waals surface area contributed by atoms with Crippen molar-refractivity contribution >= 4 is 39.2 Å². The Balaban J connectivity index is 1.28. The summed E-state index contributed by atoms with van der Waals surface area (Å²) in [5.74, 6) is 1.77. The van der Waals surface area contributed by atoms with Crippen LogP contribution in [0.3, 0.4) is 0 Å². The van der Waals surface area contributed by atoms with E-state index in [9.17, 15) is 4.79 Å². The molecule has 7 heteroatoms. The molecule has 33 heavy (non-hydrogen) atoms. The van der Waals surface area contributed by atoms with E-state index in [1.165, 1.54) is 0 Å². The first kappa shape index (κ1) is 22.8. The highest BCUT2D eigenvalue weighted by Gasteiger charge is 2.10. The fraction of sp³-hybridized carbons (Fsp3) is 0.0769. The fourth-order valence-corrected chi connectivity index (χ4v) is 3.53. The average molecular weight is 521 g/mol. The van der Waals surface area contributed by atoms with Crippen molar-refractivity contribution in [2.75, 3.05) is 0 Å². The SMILES string of the molecule is O=C(NC(=S)NCc1ccc(-c2ccc(Br)cc2)o1)c1cccc(OCc2ccccc2)c1. The Labute approximate surface area is 205 Å². The second-order valence-electron chi connectivity index (χ2n) is 7.21. The lowest BCUT2D eigenvalue weighted by molar-refractivity contribution is 0.0976. The average Bonchev–Trinajstić information content (AvgIpc) is 3.32. The Morgan fingerprint density at radius 3 is 2.52 bits per heavy atom. The third-order valence-electron chi connectivity index (χ3n) is 4.79. The minimum absolute atomic E-state index is 0.220. The van der Waals surface area contributed by atoms with Crippen molar-refractivity contribution in [3.63, 3.8) is 0 Å². The number of thiocarbonyl (C=S) groups is 1. The molecular weight excluding hydrogens is 500 g/mol. The Hall–Kier alpha value is -3.42. The highest BCUT2D eigenvalue weighted by Crippen LogP contribution is 2.24. The lowest BCUT2D eigenvalue weighted by Gasteiger charge is -2.10. The van der Waals surface area contributed by atoms with Gasteiger partial charge in [0.2, 0.25) is 0 Å². The maximum atomic E-state index is 12.6. The zero-order valence-electron chi connectivity index (χ0n) is 17.6. The maximum absolute atomic E-state index is 12.6. The van der Waals surface area contributed by atoms with Crippen molar-refractivity contribution in [3.05, 3.63) is 112 Å². The number of hydrogen-bond acceptors (Lipinski definition) is 4. The molecule has 0 saturated carbocycles. The van der Waals surface area contributed by atoms with Crippen LogP contribution in [-0.4, -0.2) is 11.0 Å². The third kappa shape index (κ3) is 6.54. The molecule has 0 atom stereocenters. The Morgan fingerprint density at radius 2 is 1.73 bits per heavy atom. The van der Waals surface area contributed by atoms with E-state index in [2.05, 4.69) is 26.6 Å². The quantitative estimate of drug-likeness (QED) is 0.288. The Morgan fingerprint density at radius 1 is 0.939 bits per heavy atom. The van der Waals surface area contributed by atoms with Crippen LogP contribution < -0.4 is 15.4 Å². The summed E-state index contributed by atoms with van der Waals surface area (Å²) in [6, 6.07) is 28.5. The third-order valence-corrected chi connectivity index (χ3v) is 5.56. The number of ether oxygens (including phenoxy) is 1. The number of nitrogens with one attached hydrogen (secondary N) is 2. The van der Waals surface area contributed by atoms with Gasteiger partial charge in [0.25, 0.3) is 5.91 Å². The molecule has 2 N–H and O–H groups in total. The molecule has 166 valence electrons. The largest absolute Gasteiger partial charge is 0.489 e. The van der Waals surface area contributed by atoms with E-state index in [1.807, 2.05) is 72.8 Å². The number of benzene rings is 3. The summed E-state index contributed by atoms with van der Waals surface area (Å²) in [7, 11) is 0. The summed E-state index contributed by atoms with van der Waals surface area (Å²) in [5, 5.41) is 5.91. The molecular formula is C26H21BrN2O3S. The number of carbonyl (C=O) groups excluding carboxylic acids is 1. The van der Waals surface area contributed by atoms with Crippen LogP contribution in [0.4, 0.5) is 0 Å². The van der Waals surface area contributed by atoms with Crippen molar-refractivity contribution in [2.45, 2.75) is 13.2 Å². The number of carbonyl (C=O) groups is 1. The minimum atomic E-state index is -0.312. The van der Waals surface area contributed by atoms with Gasteiger partial charge in [0.15, 0.2) is 5.11 Å². The molecule has 0 aliphatic rings. The molecule has 0 aliphatic heterocycles. The predicted octanol–water partition coefficient (Wildman–Crippen LogP) is 6.09. The molecule has 0 radical (unpaired) electrons. The molecule has 0 fully saturated rings. The normalized spacial score (nSPS) is 10.5. The molecule has 0 saturated heterocycles. The molecule has 0 bridgehead atoms. The number of furan rings is 1. The van der Waals surface area contributed by atoms with Crippen LogP contribution >= 0.6 is 28.1 Å². The van der Waals surface area contributed by atoms with Gasteiger partial charge in [0.1, 0.15) is 23.9 Å². The van der Waals surface area contributed by atoms with E-state index in [0.717, 1.165) is 21.4 Å². The number of hydrogen-bond donors (Lipinski definition) is 2. The van der Waals surface area contributed by atoms with Gasteiger partial charge in [-0.1, -0.05) is 64.5 Å². The molecule has 0 unspecified atom stereocenters. The van der Waals surface area contributed by atoms with Crippen molar-refractivity contribution in [1.29, 1.82) is 0 Å². The van der Waals surface area contributed by atoms with Crippen molar-refractivity contribution in [3.8, 4) is 17.1 Å². The molecule has 4 rings (SSSR count). The van der Waals surface area contributed by atoms with Crippen LogP contribution in [-0.2, 0) is 13.2 Å². The van der Waals surface area contributed by atoms with E-state index >= 15 is 0 Å². The van der Waals surface area contributed by atoms with Crippen LogP contribution in [0.25, 0.3) is 11.3 Å². The van der Waals surface area contributed by atoms with Gasteiger partial charge in [-0.15, -0.1) is 0 Å². The lowest BCUT2D eigenvalue weighted by Crippen LogP contribution is -2.38. The lowest BCUT2D eigenvalue weighted by atomic mass is 10.2. The summed E-state index contributed by atoms with van der Waals surface area (Å²) in [5.41, 5.74) is 2.49. The fourth-order valence-electron chi connectivity index (χ4n) is 3.10. The van der Waals surface area contributed by atoms with Crippen molar-refractivity contribution in [2.24, 2.45) is 0 Å². The van der Waals surface area contributed by atoms with E-state index in [4.69, 9.17) is 21.4 Å². The predicted molar refractivity (Wildman–Crippen MR) is 136 cm³/mol. The van der Waals surface area contributed by atoms with Gasteiger partial charge < -0.3 is 14.5 Å². The smallest absolute Gasteiger partial charge is 0.257 e. The number of halogens is 1. The second kappa shape index (κ2) is 10.9. The zero-order valence-corrected chi connectivity index (χ0v) is 20.0. The first-order valence-corrected chi connectivity index (χ1v) is 11.5. The van der Waals surface area contributed by atoms with E-state index in [0.29, 0.717) is 30.2 Å². The van der Waals surface area contributed by atoms with Crippen LogP contribution in [0, 0.1) is 0 Å². The van der Waals surface area contributed by atoms with Gasteiger partial charge in [-0.25, -0.2) is 0 Å². The summed E-state index contributed by atoms with van der Waals surface area (Å²) < 4.78 is 12.7. The standard InChI is InChI=1S/C26H21BrN2O3S/c27-21-11-9-19(10-12-21)24-14-13-23(32-24)16-28-26(33)29-25(30)20-7-4-8-22(15-20)31-17-18-5-2-1-3-6-18/h1-15H,16-17H2,(H2,28,29,30,33). The molecule has 1 amide bonds. The second-order valence-corrected chi connectivity index (χ2v) is 8.54. The molecule has 4 aromatic rings. The van der Waals surface area contributed by atoms with Crippen LogP contribution in [0.1, 0.15) is 21.7 Å². The minimum Gasteiger partial charge on any atom is -0.489 e. The summed E-state index contributed by atoms with van der Waals surface area (Å²) >= 11 is 8.70. The van der Waals surface area contributed by atoms with Crippen LogP contribution in [0.5, 0.6) is 5.75 Å². The highest BCUT2D eigenvalue weighted by atomic mass is 79.9. The number of amides is 1. The maximum Gasteiger partial charge on any atom is 0.257 e. The van der Waals surface area contributed by atoms with E-state index in [-0.39, 0.29) is 11.0 Å². The van der Waals surface area contributed by atoms with Crippen LogP contribution in [0.15, 0.2) is 99.9 Å². The topological polar surface area (TPSA) is 63.5 Å². The van der Waals surface area contributed by atoms with E-state index in [1.54, 1.807) is 18.2 Å². The first-order valence-electron chi connectivity index (χ1n) is 10.3. The van der Waals surface area contributed by atoms with Crippen molar-refractivity contribution < 1.29 is 13.9 Å². The molecule has 1 aromatic heterocycles. The molecule has 5 nitrogen and oxygen atoms in total. The van der Waals surface area contributed by atoms with Crippen molar-refractivity contribution in [1.82, 2.24) is 10.6 Å². The monoisotopic (exact) mass is 520 g/mol. The molecule has 0 spiro atoms. The Kier molecular flexibility index (Phi) is 7.55. The van der Waals surface area contributed by atoms with Gasteiger partial charge in [-0.2, -0.15) is 0 Å². The number of rotatable bonds is 7. The zero-order chi connectivity index (χ0) is 23.0. The Bertz CT molecular complexity index is 1240.